The van der Waals surface area contributed by atoms with Gasteiger partial charge in [0.1, 0.15) is 15.6 Å². The number of nitrogens with two attached hydrogens (primary N) is 1. The smallest absolute Gasteiger partial charge is 0.147 e. The van der Waals surface area contributed by atoms with Gasteiger partial charge in [-0.05, 0) is 30.5 Å². The van der Waals surface area contributed by atoms with E-state index in [0.29, 0.717) is 13.0 Å². The lowest BCUT2D eigenvalue weighted by atomic mass is 10.1. The molecule has 0 amide bonds. The minimum absolute atomic E-state index is 0.0595. The average molecular weight is 271 g/mol. The van der Waals surface area contributed by atoms with Crippen LogP contribution in [0.2, 0.25) is 0 Å². The van der Waals surface area contributed by atoms with E-state index < -0.39 is 9.84 Å². The van der Waals surface area contributed by atoms with Crippen molar-refractivity contribution in [3.8, 4) is 5.75 Å². The minimum Gasteiger partial charge on any atom is -0.494 e. The average Bonchev–Trinajstić information content (AvgIpc) is 2.33. The molecular weight excluding hydrogens is 250 g/mol. The number of sulfone groups is 1. The van der Waals surface area contributed by atoms with E-state index in [2.05, 4.69) is 0 Å². The summed E-state index contributed by atoms with van der Waals surface area (Å²) >= 11 is 0. The first-order valence-corrected chi connectivity index (χ1v) is 8.14. The summed E-state index contributed by atoms with van der Waals surface area (Å²) in [6.07, 6.45) is 2.64. The van der Waals surface area contributed by atoms with Crippen molar-refractivity contribution < 1.29 is 13.2 Å². The summed E-state index contributed by atoms with van der Waals surface area (Å²) in [4.78, 5) is 0. The molecule has 2 N–H and O–H groups in total. The topological polar surface area (TPSA) is 69.4 Å². The SMILES string of the molecule is CCC(N)c1ccc(OCCCS(C)(=O)=O)cc1. The van der Waals surface area contributed by atoms with Crippen LogP contribution in [0.1, 0.15) is 31.4 Å². The Hall–Kier alpha value is -1.07. The number of ether oxygens (including phenoxy) is 1. The van der Waals surface area contributed by atoms with Crippen LogP contribution in [0.5, 0.6) is 5.75 Å². The monoisotopic (exact) mass is 271 g/mol. The van der Waals surface area contributed by atoms with Crippen LogP contribution in [-0.2, 0) is 9.84 Å². The van der Waals surface area contributed by atoms with Crippen molar-refractivity contribution in [3.05, 3.63) is 29.8 Å². The zero-order valence-electron chi connectivity index (χ0n) is 10.9. The van der Waals surface area contributed by atoms with E-state index in [1.807, 2.05) is 31.2 Å². The number of hydrogen-bond acceptors (Lipinski definition) is 4. The lowest BCUT2D eigenvalue weighted by Crippen LogP contribution is -2.09. The maximum absolute atomic E-state index is 10.9. The van der Waals surface area contributed by atoms with Crippen LogP contribution in [0.3, 0.4) is 0 Å². The lowest BCUT2D eigenvalue weighted by Gasteiger charge is -2.10. The highest BCUT2D eigenvalue weighted by molar-refractivity contribution is 7.90. The molecule has 0 aliphatic carbocycles. The van der Waals surface area contributed by atoms with E-state index in [4.69, 9.17) is 10.5 Å². The van der Waals surface area contributed by atoms with Gasteiger partial charge in [-0.2, -0.15) is 0 Å². The first-order valence-electron chi connectivity index (χ1n) is 6.08. The minimum atomic E-state index is -2.90. The van der Waals surface area contributed by atoms with Crippen molar-refractivity contribution in [1.82, 2.24) is 0 Å². The van der Waals surface area contributed by atoms with Crippen LogP contribution in [-0.4, -0.2) is 27.0 Å². The van der Waals surface area contributed by atoms with Crippen molar-refractivity contribution in [3.63, 3.8) is 0 Å². The first-order chi connectivity index (χ1) is 8.42. The van der Waals surface area contributed by atoms with Crippen LogP contribution in [0.4, 0.5) is 0 Å². The molecule has 1 aromatic carbocycles. The Morgan fingerprint density at radius 1 is 1.28 bits per heavy atom. The molecule has 1 aromatic rings. The molecule has 0 spiro atoms. The van der Waals surface area contributed by atoms with E-state index >= 15 is 0 Å². The van der Waals surface area contributed by atoms with Crippen molar-refractivity contribution >= 4 is 9.84 Å². The maximum Gasteiger partial charge on any atom is 0.147 e. The van der Waals surface area contributed by atoms with Gasteiger partial charge in [0.15, 0.2) is 0 Å². The third kappa shape index (κ3) is 5.51. The molecule has 0 saturated heterocycles. The highest BCUT2D eigenvalue weighted by Crippen LogP contribution is 2.18. The van der Waals surface area contributed by atoms with E-state index in [1.165, 1.54) is 6.26 Å². The molecule has 5 heteroatoms. The van der Waals surface area contributed by atoms with Crippen molar-refractivity contribution in [2.24, 2.45) is 5.73 Å². The van der Waals surface area contributed by atoms with Crippen LogP contribution in [0.15, 0.2) is 24.3 Å². The van der Waals surface area contributed by atoms with Crippen molar-refractivity contribution in [2.75, 3.05) is 18.6 Å². The second-order valence-corrected chi connectivity index (χ2v) is 6.68. The Bertz CT molecular complexity index is 454. The summed E-state index contributed by atoms with van der Waals surface area (Å²) in [6, 6.07) is 7.68. The lowest BCUT2D eigenvalue weighted by molar-refractivity contribution is 0.317. The molecule has 18 heavy (non-hydrogen) atoms. The zero-order valence-corrected chi connectivity index (χ0v) is 11.7. The predicted molar refractivity (Wildman–Crippen MR) is 73.5 cm³/mol. The van der Waals surface area contributed by atoms with Gasteiger partial charge in [-0.3, -0.25) is 0 Å². The zero-order chi connectivity index (χ0) is 13.6. The highest BCUT2D eigenvalue weighted by atomic mass is 32.2. The van der Waals surface area contributed by atoms with Gasteiger partial charge in [-0.25, -0.2) is 8.42 Å². The van der Waals surface area contributed by atoms with Gasteiger partial charge >= 0.3 is 0 Å². The predicted octanol–water partition coefficient (Wildman–Crippen LogP) is 1.91. The molecule has 0 bridgehead atoms. The number of hydrogen-bond donors (Lipinski definition) is 1. The normalized spacial score (nSPS) is 13.3. The van der Waals surface area contributed by atoms with Crippen LogP contribution in [0.25, 0.3) is 0 Å². The highest BCUT2D eigenvalue weighted by Gasteiger charge is 2.04. The van der Waals surface area contributed by atoms with Gasteiger partial charge in [-0.15, -0.1) is 0 Å². The molecule has 0 aliphatic heterocycles. The standard InChI is InChI=1S/C13H21NO3S/c1-3-13(14)11-5-7-12(8-6-11)17-9-4-10-18(2,15)16/h5-8,13H,3-4,9-10,14H2,1-2H3. The third-order valence-electron chi connectivity index (χ3n) is 2.68. The van der Waals surface area contributed by atoms with E-state index in [-0.39, 0.29) is 11.8 Å². The van der Waals surface area contributed by atoms with Gasteiger partial charge in [-0.1, -0.05) is 19.1 Å². The second kappa shape index (κ2) is 6.75. The molecule has 1 atom stereocenters. The maximum atomic E-state index is 10.9. The molecule has 0 radical (unpaired) electrons. The van der Waals surface area contributed by atoms with E-state index in [9.17, 15) is 8.42 Å². The van der Waals surface area contributed by atoms with E-state index in [0.717, 1.165) is 17.7 Å². The van der Waals surface area contributed by atoms with Gasteiger partial charge < -0.3 is 10.5 Å². The quantitative estimate of drug-likeness (QED) is 0.769. The van der Waals surface area contributed by atoms with Crippen LogP contribution in [0, 0.1) is 0 Å². The fraction of sp³-hybridized carbons (Fsp3) is 0.538. The summed E-state index contributed by atoms with van der Waals surface area (Å²) < 4.78 is 27.3. The Labute approximate surface area is 109 Å². The molecule has 0 fully saturated rings. The molecule has 1 rings (SSSR count). The van der Waals surface area contributed by atoms with Crippen LogP contribution >= 0.6 is 0 Å². The molecule has 4 nitrogen and oxygen atoms in total. The molecule has 102 valence electrons. The molecule has 1 unspecified atom stereocenters. The largest absolute Gasteiger partial charge is 0.494 e. The van der Waals surface area contributed by atoms with Crippen molar-refractivity contribution in [1.29, 1.82) is 0 Å². The fourth-order valence-electron chi connectivity index (χ4n) is 1.56. The Balaban J connectivity index is 2.40. The Morgan fingerprint density at radius 3 is 2.39 bits per heavy atom. The van der Waals surface area contributed by atoms with Crippen molar-refractivity contribution in [2.45, 2.75) is 25.8 Å². The molecule has 0 saturated carbocycles. The molecule has 0 aliphatic rings. The summed E-state index contributed by atoms with van der Waals surface area (Å²) in [5.74, 6) is 0.904. The second-order valence-electron chi connectivity index (χ2n) is 4.42. The Kier molecular flexibility index (Phi) is 5.62. The van der Waals surface area contributed by atoms with Crippen LogP contribution < -0.4 is 10.5 Å². The Morgan fingerprint density at radius 2 is 1.89 bits per heavy atom. The first kappa shape index (κ1) is 15.0. The van der Waals surface area contributed by atoms with Gasteiger partial charge in [0, 0.05) is 12.3 Å². The summed E-state index contributed by atoms with van der Waals surface area (Å²) in [7, 11) is -2.90. The van der Waals surface area contributed by atoms with Gasteiger partial charge in [0.05, 0.1) is 12.4 Å². The third-order valence-corrected chi connectivity index (χ3v) is 3.71. The fourth-order valence-corrected chi connectivity index (χ4v) is 2.20. The summed E-state index contributed by atoms with van der Waals surface area (Å²) in [5.41, 5.74) is 6.99. The van der Waals surface area contributed by atoms with Gasteiger partial charge in [0.2, 0.25) is 0 Å². The van der Waals surface area contributed by atoms with Gasteiger partial charge in [0.25, 0.3) is 0 Å². The summed E-state index contributed by atoms with van der Waals surface area (Å²) in [5, 5.41) is 0. The molecular formula is C13H21NO3S. The molecule has 0 heterocycles. The molecule has 0 aromatic heterocycles. The summed E-state index contributed by atoms with van der Waals surface area (Å²) in [6.45, 7) is 2.45. The number of rotatable bonds is 7. The van der Waals surface area contributed by atoms with E-state index in [1.54, 1.807) is 0 Å². The number of benzene rings is 1.